The van der Waals surface area contributed by atoms with Crippen molar-refractivity contribution in [2.75, 3.05) is 18.6 Å². The molecule has 1 aliphatic heterocycles. The highest BCUT2D eigenvalue weighted by molar-refractivity contribution is 6.05. The van der Waals surface area contributed by atoms with E-state index < -0.39 is 5.82 Å². The van der Waals surface area contributed by atoms with Crippen LogP contribution in [0.15, 0.2) is 54.6 Å². The maximum atomic E-state index is 13.8. The van der Waals surface area contributed by atoms with Gasteiger partial charge >= 0.3 is 0 Å². The van der Waals surface area contributed by atoms with Crippen LogP contribution in [0.5, 0.6) is 11.5 Å². The monoisotopic (exact) mass is 367 g/mol. The molecule has 0 unspecified atom stereocenters. The average molecular weight is 367 g/mol. The summed E-state index contributed by atoms with van der Waals surface area (Å²) in [4.78, 5) is 14.4. The summed E-state index contributed by atoms with van der Waals surface area (Å²) in [5, 5.41) is 4.44. The Kier molecular flexibility index (Phi) is 4.50. The van der Waals surface area contributed by atoms with Gasteiger partial charge in [-0.3, -0.25) is 9.48 Å². The third-order valence-electron chi connectivity index (χ3n) is 4.36. The van der Waals surface area contributed by atoms with Gasteiger partial charge in [0.05, 0.1) is 19.3 Å². The second-order valence-electron chi connectivity index (χ2n) is 6.15. The summed E-state index contributed by atoms with van der Waals surface area (Å²) in [5.41, 5.74) is 1.59. The largest absolute Gasteiger partial charge is 0.497 e. The SMILES string of the molecule is COc1cc(F)cc(N2CCn3nc(COc4ccccc4)cc3C2=O)c1. The minimum absolute atomic E-state index is 0.229. The first-order valence-corrected chi connectivity index (χ1v) is 8.55. The quantitative estimate of drug-likeness (QED) is 0.695. The number of carbonyl (C=O) groups is 1. The van der Waals surface area contributed by atoms with Crippen LogP contribution in [0.2, 0.25) is 0 Å². The molecule has 1 aromatic heterocycles. The van der Waals surface area contributed by atoms with Gasteiger partial charge in [0.15, 0.2) is 0 Å². The van der Waals surface area contributed by atoms with Gasteiger partial charge in [0.1, 0.15) is 35.3 Å². The van der Waals surface area contributed by atoms with E-state index in [4.69, 9.17) is 9.47 Å². The summed E-state index contributed by atoms with van der Waals surface area (Å²) in [5.74, 6) is 0.428. The van der Waals surface area contributed by atoms with E-state index >= 15 is 0 Å². The van der Waals surface area contributed by atoms with Crippen LogP contribution < -0.4 is 14.4 Å². The van der Waals surface area contributed by atoms with Gasteiger partial charge in [-0.25, -0.2) is 4.39 Å². The van der Waals surface area contributed by atoms with Crippen LogP contribution in [0.4, 0.5) is 10.1 Å². The second-order valence-corrected chi connectivity index (χ2v) is 6.15. The highest BCUT2D eigenvalue weighted by atomic mass is 19.1. The molecule has 0 fully saturated rings. The van der Waals surface area contributed by atoms with E-state index in [-0.39, 0.29) is 12.5 Å². The second kappa shape index (κ2) is 7.11. The molecule has 0 N–H and O–H groups in total. The number of amides is 1. The van der Waals surface area contributed by atoms with E-state index in [0.717, 1.165) is 5.75 Å². The molecule has 4 rings (SSSR count). The lowest BCUT2D eigenvalue weighted by Crippen LogP contribution is -2.40. The average Bonchev–Trinajstić information content (AvgIpc) is 3.11. The van der Waals surface area contributed by atoms with E-state index in [1.54, 1.807) is 16.8 Å². The normalized spacial score (nSPS) is 13.4. The number of methoxy groups -OCH3 is 1. The minimum Gasteiger partial charge on any atom is -0.497 e. The topological polar surface area (TPSA) is 56.6 Å². The molecule has 1 amide bonds. The van der Waals surface area contributed by atoms with E-state index in [0.29, 0.717) is 35.9 Å². The number of rotatable bonds is 5. The number of nitrogens with zero attached hydrogens (tertiary/aromatic N) is 3. The van der Waals surface area contributed by atoms with Crippen molar-refractivity contribution < 1.29 is 18.7 Å². The Hall–Kier alpha value is -3.35. The van der Waals surface area contributed by atoms with E-state index in [1.165, 1.54) is 24.1 Å². The fraction of sp³-hybridized carbons (Fsp3) is 0.200. The van der Waals surface area contributed by atoms with Gasteiger partial charge in [-0.05, 0) is 24.3 Å². The fourth-order valence-corrected chi connectivity index (χ4v) is 3.06. The third-order valence-corrected chi connectivity index (χ3v) is 4.36. The first kappa shape index (κ1) is 17.1. The molecule has 0 radical (unpaired) electrons. The summed E-state index contributed by atoms with van der Waals surface area (Å²) >= 11 is 0. The zero-order valence-corrected chi connectivity index (χ0v) is 14.8. The van der Waals surface area contributed by atoms with Crippen LogP contribution in [0.3, 0.4) is 0 Å². The van der Waals surface area contributed by atoms with Crippen molar-refractivity contribution >= 4 is 11.6 Å². The molecule has 0 bridgehead atoms. The molecule has 0 saturated carbocycles. The number of carbonyl (C=O) groups excluding carboxylic acids is 1. The van der Waals surface area contributed by atoms with Gasteiger partial charge in [0.2, 0.25) is 0 Å². The molecular formula is C20H18FN3O3. The summed E-state index contributed by atoms with van der Waals surface area (Å²) < 4.78 is 26.3. The van der Waals surface area contributed by atoms with Crippen molar-refractivity contribution in [3.63, 3.8) is 0 Å². The number of para-hydroxylation sites is 1. The Morgan fingerprint density at radius 1 is 1.07 bits per heavy atom. The first-order chi connectivity index (χ1) is 13.1. The number of fused-ring (bicyclic) bond motifs is 1. The number of ether oxygens (including phenoxy) is 2. The Labute approximate surface area is 155 Å². The smallest absolute Gasteiger partial charge is 0.276 e. The maximum Gasteiger partial charge on any atom is 0.276 e. The standard InChI is InChI=1S/C20H18FN3O3/c1-26-18-10-14(21)9-16(12-18)23-7-8-24-19(20(23)25)11-15(22-24)13-27-17-5-3-2-4-6-17/h2-6,9-12H,7-8,13H2,1H3. The van der Waals surface area contributed by atoms with Crippen LogP contribution in [-0.2, 0) is 13.2 Å². The lowest BCUT2D eigenvalue weighted by Gasteiger charge is -2.27. The molecule has 0 saturated heterocycles. The van der Waals surface area contributed by atoms with E-state index in [2.05, 4.69) is 5.10 Å². The summed E-state index contributed by atoms with van der Waals surface area (Å²) in [6, 6.07) is 15.4. The van der Waals surface area contributed by atoms with Crippen molar-refractivity contribution in [3.05, 3.63) is 71.8 Å². The summed E-state index contributed by atoms with van der Waals surface area (Å²) in [7, 11) is 1.46. The number of hydrogen-bond donors (Lipinski definition) is 0. The number of aromatic nitrogens is 2. The molecule has 0 spiro atoms. The van der Waals surface area contributed by atoms with Gasteiger partial charge in [0.25, 0.3) is 5.91 Å². The molecule has 3 aromatic rings. The molecule has 6 nitrogen and oxygen atoms in total. The first-order valence-electron chi connectivity index (χ1n) is 8.55. The Balaban J connectivity index is 1.54. The van der Waals surface area contributed by atoms with Gasteiger partial charge < -0.3 is 14.4 Å². The molecule has 2 heterocycles. The lowest BCUT2D eigenvalue weighted by molar-refractivity contribution is 0.0962. The Morgan fingerprint density at radius 2 is 1.89 bits per heavy atom. The lowest BCUT2D eigenvalue weighted by atomic mass is 10.2. The summed E-state index contributed by atoms with van der Waals surface area (Å²) in [6.45, 7) is 1.19. The van der Waals surface area contributed by atoms with E-state index in [9.17, 15) is 9.18 Å². The van der Waals surface area contributed by atoms with Crippen LogP contribution in [-0.4, -0.2) is 29.3 Å². The van der Waals surface area contributed by atoms with Gasteiger partial charge in [-0.15, -0.1) is 0 Å². The van der Waals surface area contributed by atoms with Crippen molar-refractivity contribution in [2.24, 2.45) is 0 Å². The van der Waals surface area contributed by atoms with Gasteiger partial charge in [-0.1, -0.05) is 18.2 Å². The van der Waals surface area contributed by atoms with Crippen molar-refractivity contribution in [1.82, 2.24) is 9.78 Å². The number of hydrogen-bond acceptors (Lipinski definition) is 4. The van der Waals surface area contributed by atoms with Crippen LogP contribution >= 0.6 is 0 Å². The zero-order chi connectivity index (χ0) is 18.8. The van der Waals surface area contributed by atoms with Crippen molar-refractivity contribution in [3.8, 4) is 11.5 Å². The highest BCUT2D eigenvalue weighted by Gasteiger charge is 2.28. The Morgan fingerprint density at radius 3 is 2.67 bits per heavy atom. The third kappa shape index (κ3) is 3.48. The van der Waals surface area contributed by atoms with E-state index in [1.807, 2.05) is 30.3 Å². The zero-order valence-electron chi connectivity index (χ0n) is 14.8. The highest BCUT2D eigenvalue weighted by Crippen LogP contribution is 2.27. The predicted octanol–water partition coefficient (Wildman–Crippen LogP) is 3.27. The maximum absolute atomic E-state index is 13.8. The molecule has 2 aromatic carbocycles. The van der Waals surface area contributed by atoms with Crippen molar-refractivity contribution in [2.45, 2.75) is 13.2 Å². The predicted molar refractivity (Wildman–Crippen MR) is 97.6 cm³/mol. The molecule has 27 heavy (non-hydrogen) atoms. The molecular weight excluding hydrogens is 349 g/mol. The van der Waals surface area contributed by atoms with Crippen LogP contribution in [0, 0.1) is 5.82 Å². The molecule has 0 aliphatic carbocycles. The molecule has 138 valence electrons. The van der Waals surface area contributed by atoms with Crippen molar-refractivity contribution in [1.29, 1.82) is 0 Å². The molecule has 7 heteroatoms. The number of halogens is 1. The Bertz CT molecular complexity index is 972. The van der Waals surface area contributed by atoms with Crippen LogP contribution in [0.1, 0.15) is 16.2 Å². The summed E-state index contributed by atoms with van der Waals surface area (Å²) in [6.07, 6.45) is 0. The molecule has 0 atom stereocenters. The molecule has 1 aliphatic rings. The van der Waals surface area contributed by atoms with Gasteiger partial charge in [-0.2, -0.15) is 5.10 Å². The minimum atomic E-state index is -0.451. The van der Waals surface area contributed by atoms with Gasteiger partial charge in [0, 0.05) is 18.7 Å². The fourth-order valence-electron chi connectivity index (χ4n) is 3.06. The number of benzene rings is 2. The number of anilines is 1. The van der Waals surface area contributed by atoms with Crippen LogP contribution in [0.25, 0.3) is 0 Å².